The van der Waals surface area contributed by atoms with E-state index in [0.29, 0.717) is 11.5 Å². The van der Waals surface area contributed by atoms with Gasteiger partial charge in [-0.2, -0.15) is 0 Å². The molecule has 1 aliphatic carbocycles. The summed E-state index contributed by atoms with van der Waals surface area (Å²) in [5.41, 5.74) is 0.575. The Hall–Kier alpha value is -1.19. The molecule has 1 aliphatic rings. The molecule has 2 unspecified atom stereocenters. The van der Waals surface area contributed by atoms with Gasteiger partial charge < -0.3 is 15.4 Å². The lowest BCUT2D eigenvalue weighted by Crippen LogP contribution is -2.39. The highest BCUT2D eigenvalue weighted by Gasteiger charge is 2.42. The number of hydrogen-bond donors (Lipinski definition) is 2. The number of halogens is 4. The highest BCUT2D eigenvalue weighted by atomic mass is 127. The van der Waals surface area contributed by atoms with Crippen LogP contribution in [0.1, 0.15) is 37.7 Å². The lowest BCUT2D eigenvalue weighted by atomic mass is 10.1. The Labute approximate surface area is 157 Å². The molecule has 0 heterocycles. The van der Waals surface area contributed by atoms with E-state index in [1.54, 1.807) is 25.2 Å². The Balaban J connectivity index is 0.00000288. The van der Waals surface area contributed by atoms with Crippen molar-refractivity contribution in [2.24, 2.45) is 4.99 Å². The zero-order valence-corrected chi connectivity index (χ0v) is 16.0. The summed E-state index contributed by atoms with van der Waals surface area (Å²) >= 11 is 0. The molecule has 2 rings (SSSR count). The first-order chi connectivity index (χ1) is 10.9. The van der Waals surface area contributed by atoms with Crippen LogP contribution in [-0.4, -0.2) is 32.0 Å². The average Bonchev–Trinajstić information content (AvgIpc) is 3.24. The standard InChI is InChI=1S/C16H22F3N3O.HI/c1-3-4-9-21-15(20-2)22-13-10-12(13)11-7-5-6-8-14(11)23-16(17,18)19;/h5-8,12-13H,3-4,9-10H2,1-2H3,(H2,20,21,22);1H. The van der Waals surface area contributed by atoms with Gasteiger partial charge in [0.05, 0.1) is 0 Å². The Bertz CT molecular complexity index is 552. The largest absolute Gasteiger partial charge is 0.573 e. The first-order valence-electron chi connectivity index (χ1n) is 7.76. The minimum atomic E-state index is -4.67. The Morgan fingerprint density at radius 3 is 2.67 bits per heavy atom. The molecule has 0 aromatic heterocycles. The summed E-state index contributed by atoms with van der Waals surface area (Å²) in [6.07, 6.45) is -1.80. The van der Waals surface area contributed by atoms with Gasteiger partial charge in [-0.1, -0.05) is 31.5 Å². The minimum absolute atomic E-state index is 0. The van der Waals surface area contributed by atoms with Crippen molar-refractivity contribution in [1.29, 1.82) is 0 Å². The predicted octanol–water partition coefficient (Wildman–Crippen LogP) is 4.02. The van der Waals surface area contributed by atoms with Gasteiger partial charge in [-0.25, -0.2) is 0 Å². The van der Waals surface area contributed by atoms with Crippen molar-refractivity contribution in [3.63, 3.8) is 0 Å². The van der Waals surface area contributed by atoms with Crippen molar-refractivity contribution in [1.82, 2.24) is 10.6 Å². The number of guanidine groups is 1. The van der Waals surface area contributed by atoms with Crippen molar-refractivity contribution < 1.29 is 17.9 Å². The SMILES string of the molecule is CCCCNC(=NC)NC1CC1c1ccccc1OC(F)(F)F.I. The number of ether oxygens (including phenoxy) is 1. The first kappa shape index (κ1) is 20.9. The maximum Gasteiger partial charge on any atom is 0.573 e. The monoisotopic (exact) mass is 457 g/mol. The second kappa shape index (κ2) is 9.33. The zero-order valence-electron chi connectivity index (χ0n) is 13.7. The van der Waals surface area contributed by atoms with Gasteiger partial charge in [-0.3, -0.25) is 4.99 Å². The van der Waals surface area contributed by atoms with E-state index in [0.717, 1.165) is 25.8 Å². The molecular formula is C16H23F3IN3O. The Morgan fingerprint density at radius 1 is 1.33 bits per heavy atom. The number of unbranched alkanes of at least 4 members (excludes halogenated alkanes) is 1. The molecule has 0 aliphatic heterocycles. The predicted molar refractivity (Wildman–Crippen MR) is 99.1 cm³/mol. The Kier molecular flexibility index (Phi) is 8.11. The van der Waals surface area contributed by atoms with E-state index in [1.807, 2.05) is 0 Å². The molecule has 4 nitrogen and oxygen atoms in total. The third-order valence-corrected chi connectivity index (χ3v) is 3.70. The summed E-state index contributed by atoms with van der Waals surface area (Å²) < 4.78 is 41.5. The second-order valence-corrected chi connectivity index (χ2v) is 5.53. The van der Waals surface area contributed by atoms with E-state index < -0.39 is 6.36 Å². The van der Waals surface area contributed by atoms with E-state index in [-0.39, 0.29) is 41.7 Å². The lowest BCUT2D eigenvalue weighted by molar-refractivity contribution is -0.274. The molecule has 8 heteroatoms. The lowest BCUT2D eigenvalue weighted by Gasteiger charge is -2.14. The quantitative estimate of drug-likeness (QED) is 0.294. The normalized spacial score (nSPS) is 20.1. The van der Waals surface area contributed by atoms with E-state index in [9.17, 15) is 13.2 Å². The molecule has 1 aromatic carbocycles. The van der Waals surface area contributed by atoms with Crippen LogP contribution < -0.4 is 15.4 Å². The van der Waals surface area contributed by atoms with Crippen LogP contribution in [0.4, 0.5) is 13.2 Å². The molecule has 1 fully saturated rings. The van der Waals surface area contributed by atoms with Crippen LogP contribution in [0.2, 0.25) is 0 Å². The average molecular weight is 457 g/mol. The second-order valence-electron chi connectivity index (χ2n) is 5.53. The van der Waals surface area contributed by atoms with Gasteiger partial charge >= 0.3 is 6.36 Å². The minimum Gasteiger partial charge on any atom is -0.405 e. The van der Waals surface area contributed by atoms with E-state index in [4.69, 9.17) is 0 Å². The van der Waals surface area contributed by atoms with Crippen molar-refractivity contribution in [3.8, 4) is 5.75 Å². The fourth-order valence-corrected chi connectivity index (χ4v) is 2.46. The van der Waals surface area contributed by atoms with Crippen molar-refractivity contribution >= 4 is 29.9 Å². The maximum absolute atomic E-state index is 12.5. The van der Waals surface area contributed by atoms with Gasteiger partial charge in [0.1, 0.15) is 5.75 Å². The van der Waals surface area contributed by atoms with Crippen molar-refractivity contribution in [2.45, 2.75) is 44.5 Å². The molecule has 0 bridgehead atoms. The number of aliphatic imine (C=N–C) groups is 1. The third-order valence-electron chi connectivity index (χ3n) is 3.70. The summed E-state index contributed by atoms with van der Waals surface area (Å²) in [7, 11) is 1.68. The molecule has 136 valence electrons. The smallest absolute Gasteiger partial charge is 0.405 e. The van der Waals surface area contributed by atoms with Crippen LogP contribution in [0.25, 0.3) is 0 Å². The molecule has 2 N–H and O–H groups in total. The highest BCUT2D eigenvalue weighted by Crippen LogP contribution is 2.45. The van der Waals surface area contributed by atoms with Crippen LogP contribution in [0.3, 0.4) is 0 Å². The van der Waals surface area contributed by atoms with Crippen LogP contribution in [0.5, 0.6) is 5.75 Å². The summed E-state index contributed by atoms with van der Waals surface area (Å²) in [5, 5.41) is 6.43. The fraction of sp³-hybridized carbons (Fsp3) is 0.562. The van der Waals surface area contributed by atoms with Crippen LogP contribution in [-0.2, 0) is 0 Å². The number of nitrogens with zero attached hydrogens (tertiary/aromatic N) is 1. The summed E-state index contributed by atoms with van der Waals surface area (Å²) in [4.78, 5) is 4.13. The van der Waals surface area contributed by atoms with Gasteiger partial charge in [0.2, 0.25) is 0 Å². The summed E-state index contributed by atoms with van der Waals surface area (Å²) in [6, 6.07) is 6.37. The van der Waals surface area contributed by atoms with Gasteiger partial charge in [-0.15, -0.1) is 37.1 Å². The number of nitrogens with one attached hydrogen (secondary N) is 2. The number of alkyl halides is 3. The van der Waals surface area contributed by atoms with E-state index in [2.05, 4.69) is 27.3 Å². The number of benzene rings is 1. The zero-order chi connectivity index (χ0) is 16.9. The highest BCUT2D eigenvalue weighted by molar-refractivity contribution is 14.0. The molecule has 0 saturated heterocycles. The molecule has 1 saturated carbocycles. The summed E-state index contributed by atoms with van der Waals surface area (Å²) in [6.45, 7) is 2.92. The Morgan fingerprint density at radius 2 is 2.04 bits per heavy atom. The topological polar surface area (TPSA) is 45.7 Å². The summed E-state index contributed by atoms with van der Waals surface area (Å²) in [5.74, 6) is 0.557. The van der Waals surface area contributed by atoms with Gasteiger partial charge in [0, 0.05) is 25.6 Å². The molecular weight excluding hydrogens is 434 g/mol. The molecule has 0 spiro atoms. The van der Waals surface area contributed by atoms with E-state index in [1.165, 1.54) is 6.07 Å². The molecule has 24 heavy (non-hydrogen) atoms. The van der Waals surface area contributed by atoms with Crippen molar-refractivity contribution in [3.05, 3.63) is 29.8 Å². The third kappa shape index (κ3) is 6.37. The van der Waals surface area contributed by atoms with Crippen LogP contribution in [0.15, 0.2) is 29.3 Å². The maximum atomic E-state index is 12.5. The first-order valence-corrected chi connectivity index (χ1v) is 7.76. The number of para-hydroxylation sites is 1. The molecule has 0 radical (unpaired) electrons. The van der Waals surface area contributed by atoms with E-state index >= 15 is 0 Å². The van der Waals surface area contributed by atoms with Gasteiger partial charge in [-0.05, 0) is 24.5 Å². The number of hydrogen-bond acceptors (Lipinski definition) is 2. The fourth-order valence-electron chi connectivity index (χ4n) is 2.46. The van der Waals surface area contributed by atoms with Crippen LogP contribution >= 0.6 is 24.0 Å². The molecule has 0 amide bonds. The van der Waals surface area contributed by atoms with Gasteiger partial charge in [0.15, 0.2) is 5.96 Å². The van der Waals surface area contributed by atoms with Gasteiger partial charge in [0.25, 0.3) is 0 Å². The molecule has 1 aromatic rings. The number of rotatable bonds is 6. The van der Waals surface area contributed by atoms with Crippen molar-refractivity contribution in [2.75, 3.05) is 13.6 Å². The van der Waals surface area contributed by atoms with Crippen LogP contribution in [0, 0.1) is 0 Å². The molecule has 2 atom stereocenters.